The molecule has 76 valence electrons. The Morgan fingerprint density at radius 2 is 1.38 bits per heavy atom. The fourth-order valence-electron chi connectivity index (χ4n) is 0.442. The van der Waals surface area contributed by atoms with E-state index in [4.69, 9.17) is 21.2 Å². The molecule has 0 aliphatic heterocycles. The molecule has 0 radical (unpaired) electrons. The molecule has 0 heterocycles. The topological polar surface area (TPSA) is 104 Å². The Kier molecular flexibility index (Phi) is 4.97. The van der Waals surface area contributed by atoms with Crippen molar-refractivity contribution in [3.63, 3.8) is 0 Å². The molecular weight excluding hydrogens is 176 g/mol. The van der Waals surface area contributed by atoms with Gasteiger partial charge in [0.1, 0.15) is 0 Å². The van der Waals surface area contributed by atoms with Crippen LogP contribution in [0.4, 0.5) is 0 Å². The van der Waals surface area contributed by atoms with Crippen molar-refractivity contribution in [1.29, 1.82) is 10.8 Å². The van der Waals surface area contributed by atoms with Crippen LogP contribution in [0.5, 0.6) is 0 Å². The zero-order valence-electron chi connectivity index (χ0n) is 7.61. The Labute approximate surface area is 76.0 Å². The smallest absolute Gasteiger partial charge is 0.154 e. The minimum Gasteiger partial charge on any atom is -0.284 e. The maximum absolute atomic E-state index is 8.92. The maximum atomic E-state index is 8.92. The van der Waals surface area contributed by atoms with E-state index in [1.54, 1.807) is 13.8 Å². The summed E-state index contributed by atoms with van der Waals surface area (Å²) in [6.07, 6.45) is 0.508. The van der Waals surface area contributed by atoms with E-state index in [1.165, 1.54) is 0 Å². The zero-order valence-corrected chi connectivity index (χ0v) is 7.61. The molecule has 7 nitrogen and oxygen atoms in total. The second kappa shape index (κ2) is 5.46. The van der Waals surface area contributed by atoms with Gasteiger partial charge in [-0.1, -0.05) is 29.2 Å². The number of hydrogen-bond donors (Lipinski definition) is 4. The lowest BCUT2D eigenvalue weighted by Crippen LogP contribution is -2.37. The van der Waals surface area contributed by atoms with Gasteiger partial charge in [0.25, 0.3) is 0 Å². The fraction of sp³-hybridized carbons (Fsp3) is 0.667. The van der Waals surface area contributed by atoms with Crippen molar-refractivity contribution in [2.45, 2.75) is 26.7 Å². The summed E-state index contributed by atoms with van der Waals surface area (Å²) < 4.78 is 0. The molecule has 0 amide bonds. The summed E-state index contributed by atoms with van der Waals surface area (Å²) in [5.41, 5.74) is 0. The molecule has 0 bridgehead atoms. The fourth-order valence-corrected chi connectivity index (χ4v) is 0.442. The molecule has 0 aromatic carbocycles. The first-order chi connectivity index (χ1) is 6.02. The average molecular weight is 190 g/mol. The summed E-state index contributed by atoms with van der Waals surface area (Å²) in [6.45, 7) is 3.28. The Bertz CT molecular complexity index is 176. The van der Waals surface area contributed by atoms with Crippen molar-refractivity contribution >= 4 is 11.7 Å². The second-order valence-electron chi connectivity index (χ2n) is 2.23. The van der Waals surface area contributed by atoms with Crippen LogP contribution in [0.15, 0.2) is 0 Å². The molecule has 0 fully saturated rings. The van der Waals surface area contributed by atoms with Gasteiger partial charge in [0, 0.05) is 12.8 Å². The highest BCUT2D eigenvalue weighted by Crippen LogP contribution is 1.97. The Morgan fingerprint density at radius 3 is 1.62 bits per heavy atom. The molecule has 0 spiro atoms. The largest absolute Gasteiger partial charge is 0.284 e. The van der Waals surface area contributed by atoms with Crippen LogP contribution in [0.2, 0.25) is 0 Å². The molecule has 0 aromatic rings. The number of amidine groups is 2. The number of hydroxylamine groups is 4. The first-order valence-corrected chi connectivity index (χ1v) is 3.83. The summed E-state index contributed by atoms with van der Waals surface area (Å²) >= 11 is 0. The minimum absolute atomic E-state index is 0.101. The van der Waals surface area contributed by atoms with E-state index >= 15 is 0 Å². The highest BCUT2D eigenvalue weighted by Gasteiger charge is 2.12. The van der Waals surface area contributed by atoms with E-state index in [-0.39, 0.29) is 35.0 Å². The van der Waals surface area contributed by atoms with Gasteiger partial charge in [0.15, 0.2) is 11.7 Å². The van der Waals surface area contributed by atoms with Crippen LogP contribution in [0.3, 0.4) is 0 Å². The summed E-state index contributed by atoms with van der Waals surface area (Å²) in [7, 11) is 0. The Morgan fingerprint density at radius 1 is 1.08 bits per heavy atom. The van der Waals surface area contributed by atoms with Gasteiger partial charge in [-0.05, 0) is 0 Å². The standard InChI is InChI=1S/C6H14N4O3/c1-3-5(7)9(11)13-10(12)6(8)4-2/h7-8,11-12H,3-4H2,1-2H3. The molecule has 7 heteroatoms. The highest BCUT2D eigenvalue weighted by molar-refractivity contribution is 5.78. The van der Waals surface area contributed by atoms with Gasteiger partial charge in [-0.25, -0.2) is 0 Å². The molecule has 0 atom stereocenters. The third-order valence-electron chi connectivity index (χ3n) is 1.29. The molecule has 0 saturated carbocycles. The molecule has 0 aliphatic rings. The van der Waals surface area contributed by atoms with Gasteiger partial charge >= 0.3 is 0 Å². The third kappa shape index (κ3) is 3.83. The molecule has 0 aliphatic carbocycles. The van der Waals surface area contributed by atoms with Crippen LogP contribution < -0.4 is 0 Å². The number of nitrogens with one attached hydrogen (secondary N) is 2. The Balaban J connectivity index is 3.98. The van der Waals surface area contributed by atoms with Crippen molar-refractivity contribution < 1.29 is 15.4 Å². The molecule has 13 heavy (non-hydrogen) atoms. The van der Waals surface area contributed by atoms with E-state index in [0.29, 0.717) is 0 Å². The number of nitrogens with zero attached hydrogens (tertiary/aromatic N) is 2. The van der Waals surface area contributed by atoms with Crippen molar-refractivity contribution in [3.8, 4) is 0 Å². The van der Waals surface area contributed by atoms with Crippen molar-refractivity contribution in [2.75, 3.05) is 0 Å². The van der Waals surface area contributed by atoms with Crippen molar-refractivity contribution in [1.82, 2.24) is 10.5 Å². The van der Waals surface area contributed by atoms with Gasteiger partial charge in [-0.15, -0.1) is 0 Å². The SMILES string of the molecule is CCC(=N)N(O)ON(O)C(=N)CC. The zero-order chi connectivity index (χ0) is 10.4. The molecular formula is C6H14N4O3. The van der Waals surface area contributed by atoms with Gasteiger partial charge in [0.05, 0.1) is 0 Å². The minimum atomic E-state index is -0.219. The van der Waals surface area contributed by atoms with E-state index < -0.39 is 0 Å². The molecule has 4 N–H and O–H groups in total. The predicted octanol–water partition coefficient (Wildman–Crippen LogP) is 0.990. The third-order valence-corrected chi connectivity index (χ3v) is 1.29. The summed E-state index contributed by atoms with van der Waals surface area (Å²) in [4.78, 5) is 4.28. The van der Waals surface area contributed by atoms with Crippen molar-refractivity contribution in [3.05, 3.63) is 0 Å². The van der Waals surface area contributed by atoms with Gasteiger partial charge in [-0.3, -0.25) is 21.2 Å². The lowest BCUT2D eigenvalue weighted by atomic mass is 10.5. The number of hydrogen-bond acceptors (Lipinski definition) is 5. The Hall–Kier alpha value is -1.18. The average Bonchev–Trinajstić information content (AvgIpc) is 2.14. The molecule has 0 aromatic heterocycles. The quantitative estimate of drug-likeness (QED) is 0.300. The van der Waals surface area contributed by atoms with Gasteiger partial charge in [0.2, 0.25) is 0 Å². The van der Waals surface area contributed by atoms with Crippen LogP contribution in [-0.2, 0) is 4.94 Å². The lowest BCUT2D eigenvalue weighted by molar-refractivity contribution is -0.451. The van der Waals surface area contributed by atoms with Gasteiger partial charge in [-0.2, -0.15) is 0 Å². The first-order valence-electron chi connectivity index (χ1n) is 3.83. The monoisotopic (exact) mass is 190 g/mol. The molecule has 0 unspecified atom stereocenters. The van der Waals surface area contributed by atoms with Crippen LogP contribution in [0, 0.1) is 10.8 Å². The summed E-state index contributed by atoms with van der Waals surface area (Å²) in [5.74, 6) is -0.439. The second-order valence-corrected chi connectivity index (χ2v) is 2.23. The van der Waals surface area contributed by atoms with E-state index in [2.05, 4.69) is 4.94 Å². The van der Waals surface area contributed by atoms with Crippen LogP contribution in [0.1, 0.15) is 26.7 Å². The van der Waals surface area contributed by atoms with E-state index in [0.717, 1.165) is 0 Å². The van der Waals surface area contributed by atoms with Crippen molar-refractivity contribution in [2.24, 2.45) is 0 Å². The first kappa shape index (κ1) is 11.8. The van der Waals surface area contributed by atoms with E-state index in [1.807, 2.05) is 0 Å². The molecule has 0 saturated heterocycles. The van der Waals surface area contributed by atoms with Crippen LogP contribution in [0.25, 0.3) is 0 Å². The van der Waals surface area contributed by atoms with E-state index in [9.17, 15) is 0 Å². The highest BCUT2D eigenvalue weighted by atomic mass is 17.1. The predicted molar refractivity (Wildman–Crippen MR) is 44.4 cm³/mol. The van der Waals surface area contributed by atoms with Gasteiger partial charge < -0.3 is 0 Å². The molecule has 0 rings (SSSR count). The maximum Gasteiger partial charge on any atom is 0.154 e. The summed E-state index contributed by atoms with van der Waals surface area (Å²) in [5, 5.41) is 32.2. The van der Waals surface area contributed by atoms with Crippen LogP contribution >= 0.6 is 0 Å². The normalized spacial score (nSPS) is 9.54. The van der Waals surface area contributed by atoms with Crippen LogP contribution in [-0.4, -0.2) is 32.5 Å². The number of rotatable bonds is 4. The lowest BCUT2D eigenvalue weighted by Gasteiger charge is -2.20. The summed E-state index contributed by atoms with van der Waals surface area (Å²) in [6, 6.07) is 0.